The number of rotatable bonds is 5. The molecule has 0 aliphatic heterocycles. The van der Waals surface area contributed by atoms with Crippen LogP contribution >= 0.6 is 11.6 Å². The molecule has 7 heteroatoms. The molecule has 0 N–H and O–H groups in total. The maximum atomic E-state index is 11.7. The highest BCUT2D eigenvalue weighted by Gasteiger charge is 2.14. The lowest BCUT2D eigenvalue weighted by Crippen LogP contribution is -2.04. The van der Waals surface area contributed by atoms with Gasteiger partial charge in [0, 0.05) is 17.7 Å². The van der Waals surface area contributed by atoms with E-state index in [9.17, 15) is 4.21 Å². The number of hydrogen-bond acceptors (Lipinski definition) is 5. The summed E-state index contributed by atoms with van der Waals surface area (Å²) >= 11 is 5.78. The van der Waals surface area contributed by atoms with E-state index in [2.05, 4.69) is 10.2 Å². The smallest absolute Gasteiger partial charge is 0.307 e. The summed E-state index contributed by atoms with van der Waals surface area (Å²) in [6.45, 7) is 0.380. The lowest BCUT2D eigenvalue weighted by Gasteiger charge is -1.96. The maximum absolute atomic E-state index is 11.7. The van der Waals surface area contributed by atoms with Gasteiger partial charge >= 0.3 is 5.22 Å². The monoisotopic (exact) mass is 286 g/mol. The molecule has 1 heterocycles. The fourth-order valence-corrected chi connectivity index (χ4v) is 2.18. The molecule has 5 nitrogen and oxygen atoms in total. The van der Waals surface area contributed by atoms with Gasteiger partial charge in [-0.1, -0.05) is 16.7 Å². The van der Waals surface area contributed by atoms with Gasteiger partial charge in [0.25, 0.3) is 0 Å². The van der Waals surface area contributed by atoms with Gasteiger partial charge in [0.15, 0.2) is 0 Å². The Morgan fingerprint density at radius 1 is 1.33 bits per heavy atom. The van der Waals surface area contributed by atoms with Crippen LogP contribution in [0.1, 0.15) is 0 Å². The molecule has 0 radical (unpaired) electrons. The van der Waals surface area contributed by atoms with Crippen LogP contribution in [0.4, 0.5) is 0 Å². The van der Waals surface area contributed by atoms with E-state index in [1.807, 2.05) is 0 Å². The second-order valence-corrected chi connectivity index (χ2v) is 5.31. The van der Waals surface area contributed by atoms with E-state index in [0.29, 0.717) is 23.3 Å². The molecule has 0 aliphatic rings. The first-order valence-electron chi connectivity index (χ1n) is 5.17. The minimum absolute atomic E-state index is 0.108. The highest BCUT2D eigenvalue weighted by molar-refractivity contribution is 7.84. The maximum Gasteiger partial charge on any atom is 0.307 e. The molecular formula is C11H11ClN2O3S. The van der Waals surface area contributed by atoms with Crippen LogP contribution in [0.25, 0.3) is 11.5 Å². The summed E-state index contributed by atoms with van der Waals surface area (Å²) in [7, 11) is 0.214. The fourth-order valence-electron chi connectivity index (χ4n) is 1.26. The quantitative estimate of drug-likeness (QED) is 0.842. The summed E-state index contributed by atoms with van der Waals surface area (Å²) in [4.78, 5) is 0. The third kappa shape index (κ3) is 3.16. The van der Waals surface area contributed by atoms with Crippen molar-refractivity contribution in [2.75, 3.05) is 19.5 Å². The van der Waals surface area contributed by atoms with Gasteiger partial charge in [-0.2, -0.15) is 0 Å². The molecular weight excluding hydrogens is 276 g/mol. The zero-order valence-electron chi connectivity index (χ0n) is 9.63. The SMILES string of the molecule is COCCS(=O)c1nnc(-c2ccc(Cl)cc2)o1. The van der Waals surface area contributed by atoms with Crippen LogP contribution in [-0.4, -0.2) is 33.9 Å². The van der Waals surface area contributed by atoms with Crippen molar-refractivity contribution in [2.24, 2.45) is 0 Å². The molecule has 2 rings (SSSR count). The van der Waals surface area contributed by atoms with Crippen molar-refractivity contribution in [3.8, 4) is 11.5 Å². The van der Waals surface area contributed by atoms with Gasteiger partial charge in [0.2, 0.25) is 5.89 Å². The summed E-state index contributed by atoms with van der Waals surface area (Å²) in [6.07, 6.45) is 0. The van der Waals surface area contributed by atoms with E-state index in [1.54, 1.807) is 31.4 Å². The van der Waals surface area contributed by atoms with E-state index in [-0.39, 0.29) is 5.22 Å². The van der Waals surface area contributed by atoms with E-state index >= 15 is 0 Å². The molecule has 0 saturated carbocycles. The van der Waals surface area contributed by atoms with Crippen molar-refractivity contribution >= 4 is 22.4 Å². The van der Waals surface area contributed by atoms with Gasteiger partial charge in [-0.3, -0.25) is 0 Å². The first-order valence-corrected chi connectivity index (χ1v) is 6.87. The van der Waals surface area contributed by atoms with Crippen molar-refractivity contribution in [2.45, 2.75) is 5.22 Å². The third-order valence-corrected chi connectivity index (χ3v) is 3.51. The van der Waals surface area contributed by atoms with Crippen molar-refractivity contribution in [1.29, 1.82) is 0 Å². The Kier molecular flexibility index (Phi) is 4.46. The summed E-state index contributed by atoms with van der Waals surface area (Å²) in [5, 5.41) is 8.35. The standard InChI is InChI=1S/C11H11ClN2O3S/c1-16-6-7-18(15)11-14-13-10(17-11)8-2-4-9(12)5-3-8/h2-5H,6-7H2,1H3. The van der Waals surface area contributed by atoms with Gasteiger partial charge in [-0.05, 0) is 24.3 Å². The second kappa shape index (κ2) is 6.08. The molecule has 1 unspecified atom stereocenters. The number of methoxy groups -OCH3 is 1. The molecule has 0 amide bonds. The molecule has 0 saturated heterocycles. The molecule has 96 valence electrons. The lowest BCUT2D eigenvalue weighted by molar-refractivity contribution is 0.217. The van der Waals surface area contributed by atoms with E-state index in [1.165, 1.54) is 0 Å². The van der Waals surface area contributed by atoms with Crippen molar-refractivity contribution < 1.29 is 13.4 Å². The van der Waals surface area contributed by atoms with Crippen LogP contribution in [0.15, 0.2) is 33.9 Å². The molecule has 0 aliphatic carbocycles. The Morgan fingerprint density at radius 3 is 2.72 bits per heavy atom. The summed E-state index contributed by atoms with van der Waals surface area (Å²) in [5.74, 6) is 0.658. The Hall–Kier alpha value is -1.24. The third-order valence-electron chi connectivity index (χ3n) is 2.17. The van der Waals surface area contributed by atoms with Gasteiger partial charge in [0.1, 0.15) is 10.8 Å². The second-order valence-electron chi connectivity index (χ2n) is 3.42. The Balaban J connectivity index is 2.15. The lowest BCUT2D eigenvalue weighted by atomic mass is 10.2. The molecule has 0 bridgehead atoms. The number of aromatic nitrogens is 2. The topological polar surface area (TPSA) is 65.2 Å². The number of halogens is 1. The van der Waals surface area contributed by atoms with Gasteiger partial charge in [0.05, 0.1) is 12.4 Å². The van der Waals surface area contributed by atoms with Crippen LogP contribution in [0.5, 0.6) is 0 Å². The average molecular weight is 287 g/mol. The highest BCUT2D eigenvalue weighted by Crippen LogP contribution is 2.21. The minimum atomic E-state index is -1.33. The average Bonchev–Trinajstić information content (AvgIpc) is 2.86. The van der Waals surface area contributed by atoms with E-state index in [4.69, 9.17) is 20.8 Å². The predicted octanol–water partition coefficient (Wildman–Crippen LogP) is 2.14. The molecule has 0 spiro atoms. The summed E-state index contributed by atoms with van der Waals surface area (Å²) < 4.78 is 21.9. The van der Waals surface area contributed by atoms with E-state index in [0.717, 1.165) is 5.56 Å². The first kappa shape index (κ1) is 13.2. The minimum Gasteiger partial charge on any atom is -0.410 e. The normalized spacial score (nSPS) is 12.6. The van der Waals surface area contributed by atoms with Gasteiger partial charge in [-0.15, -0.1) is 5.10 Å². The first-order chi connectivity index (χ1) is 8.70. The van der Waals surface area contributed by atoms with Crippen molar-refractivity contribution in [3.05, 3.63) is 29.3 Å². The largest absolute Gasteiger partial charge is 0.410 e. The number of ether oxygens (including phenoxy) is 1. The zero-order valence-corrected chi connectivity index (χ0v) is 11.2. The summed E-state index contributed by atoms with van der Waals surface area (Å²) in [5.41, 5.74) is 0.738. The molecule has 18 heavy (non-hydrogen) atoms. The van der Waals surface area contributed by atoms with Crippen LogP contribution in [0.2, 0.25) is 5.02 Å². The summed E-state index contributed by atoms with van der Waals surface area (Å²) in [6, 6.07) is 6.97. The molecule has 1 atom stereocenters. The van der Waals surface area contributed by atoms with Crippen molar-refractivity contribution in [3.63, 3.8) is 0 Å². The molecule has 1 aromatic heterocycles. The number of hydrogen-bond donors (Lipinski definition) is 0. The predicted molar refractivity (Wildman–Crippen MR) is 67.9 cm³/mol. The Bertz CT molecular complexity index is 541. The van der Waals surface area contributed by atoms with Crippen LogP contribution < -0.4 is 0 Å². The van der Waals surface area contributed by atoms with Gasteiger partial charge in [-0.25, -0.2) is 4.21 Å². The molecule has 1 aromatic carbocycles. The fraction of sp³-hybridized carbons (Fsp3) is 0.273. The zero-order chi connectivity index (χ0) is 13.0. The Morgan fingerprint density at radius 2 is 2.06 bits per heavy atom. The number of benzene rings is 1. The highest BCUT2D eigenvalue weighted by atomic mass is 35.5. The van der Waals surface area contributed by atoms with Crippen LogP contribution in [0, 0.1) is 0 Å². The van der Waals surface area contributed by atoms with Crippen molar-refractivity contribution in [1.82, 2.24) is 10.2 Å². The van der Waals surface area contributed by atoms with E-state index < -0.39 is 10.8 Å². The van der Waals surface area contributed by atoms with Crippen LogP contribution in [0.3, 0.4) is 0 Å². The van der Waals surface area contributed by atoms with Crippen LogP contribution in [-0.2, 0) is 15.5 Å². The molecule has 2 aromatic rings. The Labute approximate surface area is 112 Å². The van der Waals surface area contributed by atoms with Gasteiger partial charge < -0.3 is 9.15 Å². The number of nitrogens with zero attached hydrogens (tertiary/aromatic N) is 2. The molecule has 0 fully saturated rings.